The molecule has 1 aromatic carbocycles. The van der Waals surface area contributed by atoms with Crippen LogP contribution in [-0.4, -0.2) is 25.7 Å². The fourth-order valence-corrected chi connectivity index (χ4v) is 3.62. The van der Waals surface area contributed by atoms with Gasteiger partial charge in [-0.3, -0.25) is 0 Å². The first kappa shape index (κ1) is 15.0. The van der Waals surface area contributed by atoms with E-state index in [1.54, 1.807) is 12.1 Å². The Hall–Kier alpha value is -1.35. The summed E-state index contributed by atoms with van der Waals surface area (Å²) in [5.74, 6) is 5.68. The molecule has 1 saturated carbocycles. The van der Waals surface area contributed by atoms with E-state index < -0.39 is 15.6 Å². The lowest BCUT2D eigenvalue weighted by Crippen LogP contribution is -2.45. The highest BCUT2D eigenvalue weighted by atomic mass is 32.2. The van der Waals surface area contributed by atoms with E-state index in [4.69, 9.17) is 5.11 Å². The number of aliphatic hydroxyl groups excluding tert-OH is 1. The van der Waals surface area contributed by atoms with E-state index in [-0.39, 0.29) is 11.5 Å². The Bertz CT molecular complexity index is 632. The second kappa shape index (κ2) is 5.57. The van der Waals surface area contributed by atoms with E-state index in [0.29, 0.717) is 11.5 Å². The van der Waals surface area contributed by atoms with Gasteiger partial charge < -0.3 is 5.11 Å². The SMILES string of the molecule is CC(C)(NS(=O)(=O)c1ccc(C#CCO)cc1)C1CC1. The van der Waals surface area contributed by atoms with Gasteiger partial charge in [0.25, 0.3) is 0 Å². The summed E-state index contributed by atoms with van der Waals surface area (Å²) in [5, 5.41) is 8.62. The zero-order valence-corrected chi connectivity index (χ0v) is 12.5. The van der Waals surface area contributed by atoms with Crippen molar-refractivity contribution >= 4 is 10.0 Å². The number of hydrogen-bond acceptors (Lipinski definition) is 3. The number of aliphatic hydroxyl groups is 1. The molecule has 20 heavy (non-hydrogen) atoms. The molecule has 108 valence electrons. The molecule has 1 fully saturated rings. The van der Waals surface area contributed by atoms with Crippen molar-refractivity contribution in [1.29, 1.82) is 0 Å². The van der Waals surface area contributed by atoms with Crippen LogP contribution in [0.2, 0.25) is 0 Å². The van der Waals surface area contributed by atoms with Crippen LogP contribution in [0.25, 0.3) is 0 Å². The molecular formula is C15H19NO3S. The van der Waals surface area contributed by atoms with Crippen LogP contribution in [0.1, 0.15) is 32.3 Å². The molecule has 0 aliphatic heterocycles. The first-order valence-corrected chi connectivity index (χ1v) is 8.07. The van der Waals surface area contributed by atoms with Crippen LogP contribution in [-0.2, 0) is 10.0 Å². The van der Waals surface area contributed by atoms with Crippen LogP contribution in [0.15, 0.2) is 29.2 Å². The van der Waals surface area contributed by atoms with Crippen LogP contribution in [0.5, 0.6) is 0 Å². The highest BCUT2D eigenvalue weighted by Gasteiger charge is 2.40. The quantitative estimate of drug-likeness (QED) is 0.827. The van der Waals surface area contributed by atoms with Gasteiger partial charge in [-0.2, -0.15) is 0 Å². The Morgan fingerprint density at radius 3 is 2.40 bits per heavy atom. The van der Waals surface area contributed by atoms with Crippen molar-refractivity contribution in [3.05, 3.63) is 29.8 Å². The molecule has 0 amide bonds. The summed E-state index contributed by atoms with van der Waals surface area (Å²) in [5.41, 5.74) is 0.272. The molecule has 2 N–H and O–H groups in total. The van der Waals surface area contributed by atoms with E-state index in [2.05, 4.69) is 16.6 Å². The van der Waals surface area contributed by atoms with E-state index in [0.717, 1.165) is 12.8 Å². The van der Waals surface area contributed by atoms with Crippen molar-refractivity contribution < 1.29 is 13.5 Å². The molecule has 0 bridgehead atoms. The van der Waals surface area contributed by atoms with Crippen LogP contribution in [0, 0.1) is 17.8 Å². The maximum atomic E-state index is 12.3. The smallest absolute Gasteiger partial charge is 0.241 e. The summed E-state index contributed by atoms with van der Waals surface area (Å²) in [6, 6.07) is 6.35. The molecule has 1 aliphatic rings. The number of sulfonamides is 1. The highest BCUT2D eigenvalue weighted by molar-refractivity contribution is 7.89. The minimum absolute atomic E-state index is 0.211. The average molecular weight is 293 g/mol. The fraction of sp³-hybridized carbons (Fsp3) is 0.467. The second-order valence-corrected chi connectivity index (χ2v) is 7.27. The monoisotopic (exact) mass is 293 g/mol. The molecule has 1 aliphatic carbocycles. The maximum Gasteiger partial charge on any atom is 0.241 e. The van der Waals surface area contributed by atoms with Crippen molar-refractivity contribution in [2.45, 2.75) is 37.1 Å². The number of nitrogens with one attached hydrogen (secondary N) is 1. The van der Waals surface area contributed by atoms with Crippen molar-refractivity contribution in [3.63, 3.8) is 0 Å². The van der Waals surface area contributed by atoms with Gasteiger partial charge >= 0.3 is 0 Å². The van der Waals surface area contributed by atoms with Crippen LogP contribution < -0.4 is 4.72 Å². The van der Waals surface area contributed by atoms with E-state index in [9.17, 15) is 8.42 Å². The van der Waals surface area contributed by atoms with Gasteiger partial charge in [0.1, 0.15) is 6.61 Å². The highest BCUT2D eigenvalue weighted by Crippen LogP contribution is 2.39. The molecule has 0 radical (unpaired) electrons. The third-order valence-electron chi connectivity index (χ3n) is 3.47. The van der Waals surface area contributed by atoms with E-state index in [1.165, 1.54) is 12.1 Å². The van der Waals surface area contributed by atoms with Gasteiger partial charge in [0.15, 0.2) is 0 Å². The molecule has 5 heteroatoms. The minimum atomic E-state index is -3.51. The van der Waals surface area contributed by atoms with Crippen LogP contribution in [0.4, 0.5) is 0 Å². The molecule has 4 nitrogen and oxygen atoms in total. The molecule has 0 saturated heterocycles. The van der Waals surface area contributed by atoms with Gasteiger partial charge in [-0.1, -0.05) is 11.8 Å². The molecule has 0 aromatic heterocycles. The second-order valence-electron chi connectivity index (χ2n) is 5.59. The molecule has 0 unspecified atom stereocenters. The molecular weight excluding hydrogens is 274 g/mol. The molecule has 1 aromatic rings. The van der Waals surface area contributed by atoms with Crippen molar-refractivity contribution in [2.75, 3.05) is 6.61 Å². The topological polar surface area (TPSA) is 66.4 Å². The summed E-state index contributed by atoms with van der Waals surface area (Å²) >= 11 is 0. The largest absolute Gasteiger partial charge is 0.384 e. The van der Waals surface area contributed by atoms with Gasteiger partial charge in [0.05, 0.1) is 4.90 Å². The predicted octanol–water partition coefficient (Wildman–Crippen LogP) is 1.50. The zero-order valence-electron chi connectivity index (χ0n) is 11.7. The third kappa shape index (κ3) is 3.60. The lowest BCUT2D eigenvalue weighted by atomic mass is 10.0. The summed E-state index contributed by atoms with van der Waals surface area (Å²) in [6.07, 6.45) is 2.15. The van der Waals surface area contributed by atoms with Gasteiger partial charge in [-0.05, 0) is 56.9 Å². The van der Waals surface area contributed by atoms with Crippen molar-refractivity contribution in [1.82, 2.24) is 4.72 Å². The zero-order chi connectivity index (χ0) is 14.8. The number of rotatable bonds is 4. The Kier molecular flexibility index (Phi) is 4.19. The van der Waals surface area contributed by atoms with Crippen LogP contribution in [0.3, 0.4) is 0 Å². The summed E-state index contributed by atoms with van der Waals surface area (Å²) < 4.78 is 27.4. The maximum absolute atomic E-state index is 12.3. The minimum Gasteiger partial charge on any atom is -0.384 e. The summed E-state index contributed by atoms with van der Waals surface area (Å²) in [6.45, 7) is 3.63. The summed E-state index contributed by atoms with van der Waals surface area (Å²) in [7, 11) is -3.51. The van der Waals surface area contributed by atoms with E-state index in [1.807, 2.05) is 13.8 Å². The lowest BCUT2D eigenvalue weighted by Gasteiger charge is -2.25. The Morgan fingerprint density at radius 2 is 1.90 bits per heavy atom. The van der Waals surface area contributed by atoms with Gasteiger partial charge in [0, 0.05) is 11.1 Å². The van der Waals surface area contributed by atoms with Crippen molar-refractivity contribution in [2.24, 2.45) is 5.92 Å². The molecule has 0 atom stereocenters. The van der Waals surface area contributed by atoms with Crippen molar-refractivity contribution in [3.8, 4) is 11.8 Å². The van der Waals surface area contributed by atoms with Gasteiger partial charge in [-0.15, -0.1) is 0 Å². The lowest BCUT2D eigenvalue weighted by molar-refractivity contribution is 0.350. The first-order valence-electron chi connectivity index (χ1n) is 6.59. The average Bonchev–Trinajstić information content (AvgIpc) is 3.20. The predicted molar refractivity (Wildman–Crippen MR) is 77.5 cm³/mol. The fourth-order valence-electron chi connectivity index (χ4n) is 2.15. The standard InChI is InChI=1S/C15H19NO3S/c1-15(2,13-7-8-13)16-20(18,19)14-9-5-12(6-10-14)4-3-11-17/h5-6,9-10,13,16-17H,7-8,11H2,1-2H3. The molecule has 2 rings (SSSR count). The normalized spacial score (nSPS) is 15.6. The number of benzene rings is 1. The molecule has 0 spiro atoms. The Morgan fingerprint density at radius 1 is 1.30 bits per heavy atom. The Labute approximate surface area is 120 Å². The van der Waals surface area contributed by atoms with E-state index >= 15 is 0 Å². The molecule has 0 heterocycles. The van der Waals surface area contributed by atoms with Crippen LogP contribution >= 0.6 is 0 Å². The first-order chi connectivity index (χ1) is 9.35. The third-order valence-corrected chi connectivity index (χ3v) is 5.16. The van der Waals surface area contributed by atoms with Gasteiger partial charge in [0.2, 0.25) is 10.0 Å². The summed E-state index contributed by atoms with van der Waals surface area (Å²) in [4.78, 5) is 0.237. The number of hydrogen-bond donors (Lipinski definition) is 2. The van der Waals surface area contributed by atoms with Gasteiger partial charge in [-0.25, -0.2) is 13.1 Å². The Balaban J connectivity index is 2.17.